The summed E-state index contributed by atoms with van der Waals surface area (Å²) in [5.41, 5.74) is 0.165. The molecule has 3 heteroatoms. The zero-order chi connectivity index (χ0) is 9.35. The van der Waals surface area contributed by atoms with Gasteiger partial charge in [0, 0.05) is 19.6 Å². The lowest BCUT2D eigenvalue weighted by molar-refractivity contribution is -0.135. The Kier molecular flexibility index (Phi) is 2.42. The maximum Gasteiger partial charge on any atom is 0.236 e. The van der Waals surface area contributed by atoms with Crippen LogP contribution in [0.1, 0.15) is 20.8 Å². The van der Waals surface area contributed by atoms with E-state index >= 15 is 0 Å². The minimum atomic E-state index is 0.165. The van der Waals surface area contributed by atoms with Gasteiger partial charge in [-0.2, -0.15) is 0 Å². The van der Waals surface area contributed by atoms with Gasteiger partial charge in [-0.3, -0.25) is 4.79 Å². The minimum Gasteiger partial charge on any atom is -0.340 e. The third-order valence-electron chi connectivity index (χ3n) is 2.47. The van der Waals surface area contributed by atoms with Gasteiger partial charge in [-0.15, -0.1) is 0 Å². The Bertz CT molecular complexity index is 183. The number of likely N-dealkylation sites (N-methyl/N-ethyl adjacent to an activating group) is 1. The van der Waals surface area contributed by atoms with Crippen LogP contribution in [-0.2, 0) is 4.79 Å². The van der Waals surface area contributed by atoms with Crippen molar-refractivity contribution in [2.75, 3.05) is 20.1 Å². The molecule has 0 bridgehead atoms. The molecule has 1 heterocycles. The SMILES string of the molecule is CN1C(=O)CNCC1C(C)(C)C. The van der Waals surface area contributed by atoms with Crippen molar-refractivity contribution in [1.82, 2.24) is 10.2 Å². The summed E-state index contributed by atoms with van der Waals surface area (Å²) in [4.78, 5) is 13.2. The Morgan fingerprint density at radius 3 is 2.50 bits per heavy atom. The van der Waals surface area contributed by atoms with Crippen LogP contribution in [0.15, 0.2) is 0 Å². The number of carbonyl (C=O) groups excluding carboxylic acids is 1. The number of piperazine rings is 1. The molecular formula is C9H18N2O. The fourth-order valence-corrected chi connectivity index (χ4v) is 1.64. The molecule has 1 unspecified atom stereocenters. The Hall–Kier alpha value is -0.570. The summed E-state index contributed by atoms with van der Waals surface area (Å²) in [6, 6.07) is 0.318. The summed E-state index contributed by atoms with van der Waals surface area (Å²) < 4.78 is 0. The maximum absolute atomic E-state index is 11.3. The lowest BCUT2D eigenvalue weighted by Crippen LogP contribution is -2.57. The smallest absolute Gasteiger partial charge is 0.236 e. The lowest BCUT2D eigenvalue weighted by atomic mass is 9.85. The summed E-state index contributed by atoms with van der Waals surface area (Å²) in [6.45, 7) is 7.88. The first-order valence-corrected chi connectivity index (χ1v) is 4.39. The maximum atomic E-state index is 11.3. The van der Waals surface area contributed by atoms with Crippen molar-refractivity contribution in [3.63, 3.8) is 0 Å². The van der Waals surface area contributed by atoms with Gasteiger partial charge >= 0.3 is 0 Å². The van der Waals surface area contributed by atoms with Crippen molar-refractivity contribution in [1.29, 1.82) is 0 Å². The molecule has 3 nitrogen and oxygen atoms in total. The van der Waals surface area contributed by atoms with Crippen LogP contribution in [0.3, 0.4) is 0 Å². The fourth-order valence-electron chi connectivity index (χ4n) is 1.64. The van der Waals surface area contributed by atoms with Gasteiger partial charge in [-0.1, -0.05) is 20.8 Å². The van der Waals surface area contributed by atoms with Crippen LogP contribution in [-0.4, -0.2) is 37.0 Å². The van der Waals surface area contributed by atoms with E-state index in [1.165, 1.54) is 0 Å². The van der Waals surface area contributed by atoms with Crippen LogP contribution in [0.5, 0.6) is 0 Å². The lowest BCUT2D eigenvalue weighted by Gasteiger charge is -2.41. The highest BCUT2D eigenvalue weighted by Crippen LogP contribution is 2.24. The molecule has 70 valence electrons. The molecule has 0 saturated carbocycles. The van der Waals surface area contributed by atoms with Gasteiger partial charge in [0.2, 0.25) is 5.91 Å². The van der Waals surface area contributed by atoms with Crippen LogP contribution >= 0.6 is 0 Å². The first-order valence-electron chi connectivity index (χ1n) is 4.39. The average Bonchev–Trinajstić information content (AvgIpc) is 1.92. The third kappa shape index (κ3) is 1.78. The molecule has 1 amide bonds. The Morgan fingerprint density at radius 1 is 1.50 bits per heavy atom. The Labute approximate surface area is 74.1 Å². The molecule has 0 radical (unpaired) electrons. The van der Waals surface area contributed by atoms with E-state index in [2.05, 4.69) is 26.1 Å². The van der Waals surface area contributed by atoms with Crippen LogP contribution < -0.4 is 5.32 Å². The summed E-state index contributed by atoms with van der Waals surface area (Å²) in [7, 11) is 1.89. The summed E-state index contributed by atoms with van der Waals surface area (Å²) >= 11 is 0. The first-order chi connectivity index (χ1) is 5.43. The van der Waals surface area contributed by atoms with Gasteiger partial charge in [0.1, 0.15) is 0 Å². The van der Waals surface area contributed by atoms with Crippen LogP contribution in [0.25, 0.3) is 0 Å². The van der Waals surface area contributed by atoms with Gasteiger partial charge in [0.15, 0.2) is 0 Å². The molecule has 1 atom stereocenters. The second-order valence-electron chi connectivity index (χ2n) is 4.52. The van der Waals surface area contributed by atoms with E-state index < -0.39 is 0 Å². The van der Waals surface area contributed by atoms with E-state index in [-0.39, 0.29) is 11.3 Å². The van der Waals surface area contributed by atoms with Gasteiger partial charge in [-0.05, 0) is 5.41 Å². The molecule has 0 aromatic carbocycles. The Morgan fingerprint density at radius 2 is 2.08 bits per heavy atom. The Balaban J connectivity index is 2.70. The number of nitrogens with one attached hydrogen (secondary N) is 1. The van der Waals surface area contributed by atoms with Crippen molar-refractivity contribution in [3.05, 3.63) is 0 Å². The number of hydrogen-bond donors (Lipinski definition) is 1. The largest absolute Gasteiger partial charge is 0.340 e. The predicted molar refractivity (Wildman–Crippen MR) is 48.9 cm³/mol. The molecule has 0 aromatic heterocycles. The molecule has 12 heavy (non-hydrogen) atoms. The fraction of sp³-hybridized carbons (Fsp3) is 0.889. The predicted octanol–water partition coefficient (Wildman–Crippen LogP) is 0.463. The van der Waals surface area contributed by atoms with E-state index in [9.17, 15) is 4.79 Å². The van der Waals surface area contributed by atoms with Gasteiger partial charge in [0.05, 0.1) is 6.54 Å². The molecule has 0 aliphatic carbocycles. The number of hydrogen-bond acceptors (Lipinski definition) is 2. The van der Waals surface area contributed by atoms with E-state index in [1.807, 2.05) is 11.9 Å². The number of amides is 1. The molecule has 1 saturated heterocycles. The molecule has 0 aromatic rings. The highest BCUT2D eigenvalue weighted by atomic mass is 16.2. The standard InChI is InChI=1S/C9H18N2O/c1-9(2,3)7-5-10-6-8(12)11(7)4/h7,10H,5-6H2,1-4H3. The highest BCUT2D eigenvalue weighted by Gasteiger charge is 2.33. The quantitative estimate of drug-likeness (QED) is 0.573. The molecule has 1 fully saturated rings. The molecular weight excluding hydrogens is 152 g/mol. The average molecular weight is 170 g/mol. The second kappa shape index (κ2) is 3.05. The summed E-state index contributed by atoms with van der Waals surface area (Å²) in [6.07, 6.45) is 0. The molecule has 1 aliphatic heterocycles. The van der Waals surface area contributed by atoms with Crippen LogP contribution in [0, 0.1) is 5.41 Å². The number of nitrogens with zero attached hydrogens (tertiary/aromatic N) is 1. The van der Waals surface area contributed by atoms with E-state index in [0.717, 1.165) is 6.54 Å². The van der Waals surface area contributed by atoms with E-state index in [0.29, 0.717) is 12.6 Å². The number of rotatable bonds is 0. The number of carbonyl (C=O) groups is 1. The normalized spacial score (nSPS) is 26.2. The highest BCUT2D eigenvalue weighted by molar-refractivity contribution is 5.79. The van der Waals surface area contributed by atoms with Gasteiger partial charge < -0.3 is 10.2 Å². The molecule has 1 rings (SSSR count). The second-order valence-corrected chi connectivity index (χ2v) is 4.52. The van der Waals surface area contributed by atoms with Crippen molar-refractivity contribution in [3.8, 4) is 0 Å². The first kappa shape index (κ1) is 9.52. The molecule has 1 N–H and O–H groups in total. The summed E-state index contributed by atoms with van der Waals surface area (Å²) in [5.74, 6) is 0.196. The van der Waals surface area contributed by atoms with Crippen molar-refractivity contribution < 1.29 is 4.79 Å². The molecule has 1 aliphatic rings. The van der Waals surface area contributed by atoms with E-state index in [4.69, 9.17) is 0 Å². The minimum absolute atomic E-state index is 0.165. The van der Waals surface area contributed by atoms with Crippen LogP contribution in [0.2, 0.25) is 0 Å². The van der Waals surface area contributed by atoms with Gasteiger partial charge in [0.25, 0.3) is 0 Å². The van der Waals surface area contributed by atoms with Gasteiger partial charge in [-0.25, -0.2) is 0 Å². The summed E-state index contributed by atoms with van der Waals surface area (Å²) in [5, 5.41) is 3.13. The molecule has 0 spiro atoms. The van der Waals surface area contributed by atoms with Crippen molar-refractivity contribution in [2.24, 2.45) is 5.41 Å². The van der Waals surface area contributed by atoms with Crippen molar-refractivity contribution in [2.45, 2.75) is 26.8 Å². The van der Waals surface area contributed by atoms with E-state index in [1.54, 1.807) is 0 Å². The third-order valence-corrected chi connectivity index (χ3v) is 2.47. The monoisotopic (exact) mass is 170 g/mol. The van der Waals surface area contributed by atoms with Crippen molar-refractivity contribution >= 4 is 5.91 Å². The zero-order valence-electron chi connectivity index (χ0n) is 8.35. The van der Waals surface area contributed by atoms with Crippen LogP contribution in [0.4, 0.5) is 0 Å². The topological polar surface area (TPSA) is 32.3 Å². The zero-order valence-corrected chi connectivity index (χ0v) is 8.35.